The number of nitrogens with one attached hydrogen (secondary N) is 4. The molecule has 52 heavy (non-hydrogen) atoms. The smallest absolute Gasteiger partial charge is 0.408 e. The molecular formula is C36H50Cl2N6O8. The van der Waals surface area contributed by atoms with Gasteiger partial charge in [-0.05, 0) is 44.1 Å². The molecule has 6 atom stereocenters. The first kappa shape index (κ1) is 40.9. The molecule has 6 amide bonds. The van der Waals surface area contributed by atoms with Crippen LogP contribution in [0.15, 0.2) is 30.3 Å². The summed E-state index contributed by atoms with van der Waals surface area (Å²) < 4.78 is 4.10. The predicted octanol–water partition coefficient (Wildman–Crippen LogP) is 2.47. The highest BCUT2D eigenvalue weighted by molar-refractivity contribution is 6.51. The highest BCUT2D eigenvalue weighted by Gasteiger charge is 2.74. The summed E-state index contributed by atoms with van der Waals surface area (Å²) in [5.41, 5.74) is -1.08. The summed E-state index contributed by atoms with van der Waals surface area (Å²) in [6.45, 7) is 9.80. The van der Waals surface area contributed by atoms with Gasteiger partial charge in [0.05, 0.1) is 12.6 Å². The van der Waals surface area contributed by atoms with E-state index in [4.69, 9.17) is 27.9 Å². The van der Waals surface area contributed by atoms with Crippen molar-refractivity contribution in [3.63, 3.8) is 0 Å². The third-order valence-electron chi connectivity index (χ3n) is 9.32. The molecule has 16 heteroatoms. The molecule has 1 saturated heterocycles. The van der Waals surface area contributed by atoms with Crippen LogP contribution in [0.3, 0.4) is 0 Å². The Morgan fingerprint density at radius 1 is 0.942 bits per heavy atom. The van der Waals surface area contributed by atoms with E-state index in [2.05, 4.69) is 21.3 Å². The number of halogens is 2. The van der Waals surface area contributed by atoms with Gasteiger partial charge in [-0.2, -0.15) is 0 Å². The van der Waals surface area contributed by atoms with Crippen LogP contribution in [0, 0.1) is 23.2 Å². The molecule has 4 N–H and O–H groups in total. The van der Waals surface area contributed by atoms with E-state index in [-0.39, 0.29) is 24.8 Å². The maximum Gasteiger partial charge on any atom is 0.408 e. The second kappa shape index (κ2) is 15.6. The lowest BCUT2D eigenvalue weighted by molar-refractivity contribution is -0.145. The number of fused-ring (bicyclic) bond motifs is 1. The first-order valence-corrected chi connectivity index (χ1v) is 18.1. The van der Waals surface area contributed by atoms with Gasteiger partial charge in [-0.15, -0.1) is 23.2 Å². The molecule has 14 nitrogen and oxygen atoms in total. The fourth-order valence-corrected chi connectivity index (χ4v) is 7.18. The first-order valence-electron chi connectivity index (χ1n) is 17.4. The van der Waals surface area contributed by atoms with Crippen LogP contribution in [0.25, 0.3) is 0 Å². The topological polar surface area (TPSA) is 183 Å². The minimum atomic E-state index is -1.29. The van der Waals surface area contributed by atoms with Gasteiger partial charge in [0, 0.05) is 32.5 Å². The summed E-state index contributed by atoms with van der Waals surface area (Å²) in [4.78, 5) is 95.8. The monoisotopic (exact) mass is 764 g/mol. The summed E-state index contributed by atoms with van der Waals surface area (Å²) in [6, 6.07) is 4.02. The number of ketones is 1. The number of likely N-dealkylation sites (tertiary alicyclic amines) is 1. The molecule has 4 rings (SSSR count). The van der Waals surface area contributed by atoms with Crippen molar-refractivity contribution < 1.29 is 38.3 Å². The number of benzene rings is 1. The largest absolute Gasteiger partial charge is 0.444 e. The van der Waals surface area contributed by atoms with Crippen LogP contribution in [0.4, 0.5) is 4.79 Å². The van der Waals surface area contributed by atoms with Crippen molar-refractivity contribution in [2.45, 2.75) is 94.9 Å². The second-order valence-electron chi connectivity index (χ2n) is 16.1. The second-order valence-corrected chi connectivity index (χ2v) is 17.6. The van der Waals surface area contributed by atoms with Gasteiger partial charge in [-0.3, -0.25) is 28.8 Å². The standard InChI is InChI=1S/C36H50Cl2N6O8/c1-34(2,3)28(42-33(51)52-35(4,5)6)32(50)44-18-21-24(36(21,37)38)26(44)29(47)40-22(16-19-14-15-19)27(46)30(48)39-17-23(45)41-25(31(49)43(7)8)20-12-10-9-11-13-20/h9-13,19,21-22,24-26,28H,14-18H2,1-8H3,(H,39,48)(H,40,47)(H,41,45)(H,42,51)/t21-,22?,24-,25?,26+,28-/m1/s1. The van der Waals surface area contributed by atoms with Crippen LogP contribution in [0.5, 0.6) is 0 Å². The van der Waals surface area contributed by atoms with E-state index in [0.717, 1.165) is 12.8 Å². The van der Waals surface area contributed by atoms with Crippen LogP contribution >= 0.6 is 23.2 Å². The highest BCUT2D eigenvalue weighted by atomic mass is 35.5. The van der Waals surface area contributed by atoms with Gasteiger partial charge in [0.1, 0.15) is 28.1 Å². The van der Waals surface area contributed by atoms with Gasteiger partial charge in [-0.25, -0.2) is 4.79 Å². The molecule has 0 aromatic heterocycles. The number of likely N-dealkylation sites (N-methyl/N-ethyl adjacent to an activating group) is 1. The average molecular weight is 766 g/mol. The Balaban J connectivity index is 1.46. The molecule has 0 spiro atoms. The van der Waals surface area contributed by atoms with Crippen LogP contribution in [-0.2, 0) is 33.5 Å². The van der Waals surface area contributed by atoms with Gasteiger partial charge in [0.15, 0.2) is 0 Å². The summed E-state index contributed by atoms with van der Waals surface area (Å²) >= 11 is 13.1. The molecule has 1 aliphatic heterocycles. The third-order valence-corrected chi connectivity index (χ3v) is 10.4. The molecule has 0 bridgehead atoms. The molecule has 3 fully saturated rings. The van der Waals surface area contributed by atoms with Crippen LogP contribution in [-0.4, -0.2) is 106 Å². The van der Waals surface area contributed by atoms with Crippen LogP contribution in [0.2, 0.25) is 0 Å². The zero-order valence-corrected chi connectivity index (χ0v) is 32.4. The zero-order valence-electron chi connectivity index (χ0n) is 30.9. The first-order chi connectivity index (χ1) is 24.0. The van der Waals surface area contributed by atoms with Crippen LogP contribution < -0.4 is 21.3 Å². The van der Waals surface area contributed by atoms with Gasteiger partial charge in [-0.1, -0.05) is 63.9 Å². The normalized spacial score (nSPS) is 22.1. The minimum Gasteiger partial charge on any atom is -0.444 e. The molecule has 1 heterocycles. The molecule has 0 radical (unpaired) electrons. The van der Waals surface area contributed by atoms with E-state index in [1.807, 2.05) is 0 Å². The Labute approximate surface area is 314 Å². The number of nitrogens with zero attached hydrogens (tertiary/aromatic N) is 2. The number of alkyl halides is 2. The molecule has 3 aliphatic rings. The molecule has 2 saturated carbocycles. The quantitative estimate of drug-likeness (QED) is 0.175. The number of Topliss-reactive ketones (excluding diaryl/α,β-unsaturated/α-hetero) is 1. The fraction of sp³-hybridized carbons (Fsp3) is 0.639. The molecule has 286 valence electrons. The van der Waals surface area contributed by atoms with E-state index in [1.54, 1.807) is 86.0 Å². The van der Waals surface area contributed by atoms with Gasteiger partial charge in [0.25, 0.3) is 5.91 Å². The number of carbonyl (C=O) groups is 7. The van der Waals surface area contributed by atoms with Gasteiger partial charge >= 0.3 is 6.09 Å². The number of amides is 6. The number of alkyl carbamates (subject to hydrolysis) is 1. The molecule has 1 aromatic rings. The van der Waals surface area contributed by atoms with E-state index < -0.39 is 93.4 Å². The molecule has 2 aliphatic carbocycles. The maximum atomic E-state index is 14.1. The van der Waals surface area contributed by atoms with Crippen molar-refractivity contribution in [2.24, 2.45) is 23.2 Å². The summed E-state index contributed by atoms with van der Waals surface area (Å²) in [7, 11) is 3.10. The minimum absolute atomic E-state index is 0.0360. The zero-order chi connectivity index (χ0) is 38.9. The maximum absolute atomic E-state index is 14.1. The number of rotatable bonds is 13. The average Bonchev–Trinajstić information content (AvgIpc) is 3.90. The third kappa shape index (κ3) is 9.94. The van der Waals surface area contributed by atoms with E-state index in [0.29, 0.717) is 5.56 Å². The van der Waals surface area contributed by atoms with E-state index >= 15 is 0 Å². The lowest BCUT2D eigenvalue weighted by atomic mass is 9.85. The Morgan fingerprint density at radius 3 is 2.10 bits per heavy atom. The molecular weight excluding hydrogens is 715 g/mol. The Hall–Kier alpha value is -3.91. The number of ether oxygens (including phenoxy) is 1. The van der Waals surface area contributed by atoms with Crippen molar-refractivity contribution in [3.05, 3.63) is 35.9 Å². The number of piperidine rings is 1. The van der Waals surface area contributed by atoms with Crippen molar-refractivity contribution >= 4 is 64.6 Å². The summed E-state index contributed by atoms with van der Waals surface area (Å²) in [6.07, 6.45) is 0.979. The molecule has 2 unspecified atom stereocenters. The van der Waals surface area contributed by atoms with Gasteiger partial charge < -0.3 is 35.8 Å². The summed E-state index contributed by atoms with van der Waals surface area (Å²) in [5, 5.41) is 10.3. The Morgan fingerprint density at radius 2 is 1.56 bits per heavy atom. The van der Waals surface area contributed by atoms with E-state index in [1.165, 1.54) is 9.80 Å². The van der Waals surface area contributed by atoms with Gasteiger partial charge in [0.2, 0.25) is 29.4 Å². The number of carbonyl (C=O) groups excluding carboxylic acids is 7. The highest BCUT2D eigenvalue weighted by Crippen LogP contribution is 2.65. The Kier molecular flexibility index (Phi) is 12.3. The van der Waals surface area contributed by atoms with Crippen molar-refractivity contribution in [2.75, 3.05) is 27.2 Å². The summed E-state index contributed by atoms with van der Waals surface area (Å²) in [5.74, 6) is -5.43. The number of hydrogen-bond acceptors (Lipinski definition) is 8. The number of hydrogen-bond donors (Lipinski definition) is 4. The Bertz CT molecular complexity index is 1570. The predicted molar refractivity (Wildman–Crippen MR) is 193 cm³/mol. The fourth-order valence-electron chi connectivity index (χ4n) is 6.36. The van der Waals surface area contributed by atoms with Crippen molar-refractivity contribution in [3.8, 4) is 0 Å². The lowest BCUT2D eigenvalue weighted by Crippen LogP contribution is -2.61. The SMILES string of the molecule is CN(C)C(=O)C(NC(=O)CNC(=O)C(=O)C(CC1CC1)NC(=O)[C@@H]1[C@H]2[C@@H](CN1C(=O)[C@@H](NC(=O)OC(C)(C)C)C(C)(C)C)C2(Cl)Cl)c1ccccc1. The van der Waals surface area contributed by atoms with Crippen LogP contribution in [0.1, 0.15) is 72.4 Å². The molecule has 1 aromatic carbocycles. The van der Waals surface area contributed by atoms with Crippen molar-refractivity contribution in [1.29, 1.82) is 0 Å². The van der Waals surface area contributed by atoms with E-state index in [9.17, 15) is 33.6 Å². The van der Waals surface area contributed by atoms with Crippen molar-refractivity contribution in [1.82, 2.24) is 31.1 Å². The lowest BCUT2D eigenvalue weighted by Gasteiger charge is -2.37.